The molecule has 0 spiro atoms. The molecule has 2 fully saturated rings. The summed E-state index contributed by atoms with van der Waals surface area (Å²) in [6.07, 6.45) is 6.47. The molecule has 0 aliphatic heterocycles. The second kappa shape index (κ2) is 5.16. The predicted molar refractivity (Wildman–Crippen MR) is 77.3 cm³/mol. The van der Waals surface area contributed by atoms with E-state index in [1.807, 2.05) is 0 Å². The summed E-state index contributed by atoms with van der Waals surface area (Å²) in [7, 11) is 0. The Hall–Kier alpha value is -0.640. The van der Waals surface area contributed by atoms with E-state index in [4.69, 9.17) is 18.0 Å². The number of nitrogens with zero attached hydrogens (tertiary/aromatic N) is 1. The van der Waals surface area contributed by atoms with Crippen LogP contribution in [0.2, 0.25) is 0 Å². The van der Waals surface area contributed by atoms with E-state index in [1.165, 1.54) is 12.8 Å². The Kier molecular flexibility index (Phi) is 3.95. The number of hydrogen-bond donors (Lipinski definition) is 1. The molecule has 2 aliphatic rings. The summed E-state index contributed by atoms with van der Waals surface area (Å²) < 4.78 is 0. The van der Waals surface area contributed by atoms with E-state index in [-0.39, 0.29) is 5.91 Å². The zero-order chi connectivity index (χ0) is 13.3. The average molecular weight is 268 g/mol. The molecular formula is C14H24N2OS. The summed E-state index contributed by atoms with van der Waals surface area (Å²) in [5, 5.41) is 0. The maximum atomic E-state index is 12.7. The lowest BCUT2D eigenvalue weighted by Gasteiger charge is -2.33. The monoisotopic (exact) mass is 268 g/mol. The van der Waals surface area contributed by atoms with Gasteiger partial charge < -0.3 is 10.6 Å². The van der Waals surface area contributed by atoms with Gasteiger partial charge in [-0.3, -0.25) is 4.79 Å². The summed E-state index contributed by atoms with van der Waals surface area (Å²) in [5.74, 6) is 0.701. The fourth-order valence-corrected chi connectivity index (χ4v) is 3.26. The van der Waals surface area contributed by atoms with Crippen LogP contribution in [0.15, 0.2) is 0 Å². The van der Waals surface area contributed by atoms with Crippen LogP contribution in [-0.4, -0.2) is 28.4 Å². The molecular weight excluding hydrogens is 244 g/mol. The van der Waals surface area contributed by atoms with Crippen LogP contribution in [0, 0.1) is 11.3 Å². The van der Waals surface area contributed by atoms with Crippen LogP contribution >= 0.6 is 12.2 Å². The first-order valence-electron chi connectivity index (χ1n) is 7.08. The number of hydrogen-bond acceptors (Lipinski definition) is 2. The first kappa shape index (κ1) is 13.8. The lowest BCUT2D eigenvalue weighted by molar-refractivity contribution is -0.137. The third-order valence-corrected chi connectivity index (χ3v) is 4.61. The van der Waals surface area contributed by atoms with E-state index in [2.05, 4.69) is 18.7 Å². The first-order chi connectivity index (χ1) is 8.47. The van der Waals surface area contributed by atoms with Crippen molar-refractivity contribution < 1.29 is 4.79 Å². The minimum absolute atomic E-state index is 0.204. The summed E-state index contributed by atoms with van der Waals surface area (Å²) in [6.45, 7) is 5.17. The molecule has 0 saturated heterocycles. The molecule has 1 amide bonds. The van der Waals surface area contributed by atoms with E-state index in [9.17, 15) is 4.79 Å². The summed E-state index contributed by atoms with van der Waals surface area (Å²) in [5.41, 5.74) is 5.31. The van der Waals surface area contributed by atoms with Crippen molar-refractivity contribution in [1.82, 2.24) is 4.90 Å². The Morgan fingerprint density at radius 1 is 1.39 bits per heavy atom. The topological polar surface area (TPSA) is 46.3 Å². The lowest BCUT2D eigenvalue weighted by Crippen LogP contribution is -2.48. The van der Waals surface area contributed by atoms with Gasteiger partial charge in [-0.2, -0.15) is 0 Å². The van der Waals surface area contributed by atoms with Crippen LogP contribution in [0.4, 0.5) is 0 Å². The number of carbonyl (C=O) groups is 1. The molecule has 2 rings (SSSR count). The lowest BCUT2D eigenvalue weighted by atomic mass is 10.0. The Balaban J connectivity index is 2.13. The summed E-state index contributed by atoms with van der Waals surface area (Å²) in [6, 6.07) is 0.423. The van der Waals surface area contributed by atoms with Crippen LogP contribution in [0.5, 0.6) is 0 Å². The van der Waals surface area contributed by atoms with Crippen LogP contribution < -0.4 is 5.73 Å². The van der Waals surface area contributed by atoms with Crippen molar-refractivity contribution in [3.63, 3.8) is 0 Å². The summed E-state index contributed by atoms with van der Waals surface area (Å²) in [4.78, 5) is 15.2. The fourth-order valence-electron chi connectivity index (χ4n) is 2.97. The largest absolute Gasteiger partial charge is 0.392 e. The van der Waals surface area contributed by atoms with Gasteiger partial charge in [-0.15, -0.1) is 0 Å². The van der Waals surface area contributed by atoms with Crippen molar-refractivity contribution in [2.75, 3.05) is 6.54 Å². The number of carbonyl (C=O) groups excluding carboxylic acids is 1. The van der Waals surface area contributed by atoms with Crippen molar-refractivity contribution in [2.45, 2.75) is 58.4 Å². The fraction of sp³-hybridized carbons (Fsp3) is 0.857. The van der Waals surface area contributed by atoms with Crippen LogP contribution in [0.1, 0.15) is 52.4 Å². The van der Waals surface area contributed by atoms with Crippen molar-refractivity contribution in [1.29, 1.82) is 0 Å². The summed E-state index contributed by atoms with van der Waals surface area (Å²) >= 11 is 5.11. The molecule has 0 aromatic heterocycles. The van der Waals surface area contributed by atoms with Crippen molar-refractivity contribution >= 4 is 23.1 Å². The maximum absolute atomic E-state index is 12.7. The van der Waals surface area contributed by atoms with E-state index in [0.717, 1.165) is 32.2 Å². The molecule has 3 nitrogen and oxygen atoms in total. The molecule has 0 radical (unpaired) electrons. The minimum Gasteiger partial charge on any atom is -0.392 e. The van der Waals surface area contributed by atoms with Gasteiger partial charge in [0.2, 0.25) is 5.91 Å². The van der Waals surface area contributed by atoms with Gasteiger partial charge in [-0.05, 0) is 31.6 Å². The highest BCUT2D eigenvalue weighted by molar-refractivity contribution is 7.80. The molecule has 102 valence electrons. The van der Waals surface area contributed by atoms with E-state index < -0.39 is 5.41 Å². The van der Waals surface area contributed by atoms with Gasteiger partial charge >= 0.3 is 0 Å². The molecule has 2 aliphatic carbocycles. The molecule has 0 heterocycles. The standard InChI is InChI=1S/C14H24N2OS/c1-10(2)9-16(11-5-3-4-6-11)13(17)14(7-8-14)12(15)18/h10-11H,3-9H2,1-2H3,(H2,15,18). The molecule has 0 atom stereocenters. The van der Waals surface area contributed by atoms with Crippen molar-refractivity contribution in [3.8, 4) is 0 Å². The highest BCUT2D eigenvalue weighted by Crippen LogP contribution is 2.48. The molecule has 0 unspecified atom stereocenters. The Bertz CT molecular complexity index is 344. The molecule has 18 heavy (non-hydrogen) atoms. The second-order valence-corrected chi connectivity index (χ2v) is 6.68. The highest BCUT2D eigenvalue weighted by atomic mass is 32.1. The molecule has 4 heteroatoms. The van der Waals surface area contributed by atoms with E-state index in [0.29, 0.717) is 16.9 Å². The van der Waals surface area contributed by atoms with Crippen LogP contribution in [0.3, 0.4) is 0 Å². The Morgan fingerprint density at radius 2 is 1.94 bits per heavy atom. The van der Waals surface area contributed by atoms with Gasteiger partial charge in [0.25, 0.3) is 0 Å². The number of thiocarbonyl (C=S) groups is 1. The molecule has 0 aromatic carbocycles. The maximum Gasteiger partial charge on any atom is 0.235 e. The zero-order valence-corrected chi connectivity index (χ0v) is 12.3. The van der Waals surface area contributed by atoms with Gasteiger partial charge in [0.1, 0.15) is 0 Å². The quantitative estimate of drug-likeness (QED) is 0.779. The molecule has 0 aromatic rings. The van der Waals surface area contributed by atoms with E-state index >= 15 is 0 Å². The average Bonchev–Trinajstić information content (AvgIpc) is 2.95. The Labute approximate surface area is 115 Å². The smallest absolute Gasteiger partial charge is 0.235 e. The van der Waals surface area contributed by atoms with Gasteiger partial charge in [0, 0.05) is 12.6 Å². The van der Waals surface area contributed by atoms with Gasteiger partial charge in [-0.1, -0.05) is 38.9 Å². The van der Waals surface area contributed by atoms with Crippen LogP contribution in [-0.2, 0) is 4.79 Å². The zero-order valence-electron chi connectivity index (χ0n) is 11.4. The van der Waals surface area contributed by atoms with Gasteiger partial charge in [-0.25, -0.2) is 0 Å². The first-order valence-corrected chi connectivity index (χ1v) is 7.49. The van der Waals surface area contributed by atoms with Crippen molar-refractivity contribution in [3.05, 3.63) is 0 Å². The van der Waals surface area contributed by atoms with Gasteiger partial charge in [0.05, 0.1) is 10.4 Å². The SMILES string of the molecule is CC(C)CN(C(=O)C1(C(N)=S)CC1)C1CCCC1. The minimum atomic E-state index is -0.479. The van der Waals surface area contributed by atoms with Crippen LogP contribution in [0.25, 0.3) is 0 Å². The Morgan fingerprint density at radius 3 is 2.33 bits per heavy atom. The normalized spacial score (nSPS) is 22.2. The third kappa shape index (κ3) is 2.53. The number of amides is 1. The second-order valence-electron chi connectivity index (χ2n) is 6.24. The molecule has 2 saturated carbocycles. The molecule has 0 bridgehead atoms. The van der Waals surface area contributed by atoms with Crippen molar-refractivity contribution in [2.24, 2.45) is 17.1 Å². The number of nitrogens with two attached hydrogens (primary N) is 1. The molecule has 2 N–H and O–H groups in total. The number of rotatable bonds is 5. The predicted octanol–water partition coefficient (Wildman–Crippen LogP) is 2.48. The van der Waals surface area contributed by atoms with Gasteiger partial charge in [0.15, 0.2) is 0 Å². The third-order valence-electron chi connectivity index (χ3n) is 4.22. The van der Waals surface area contributed by atoms with E-state index in [1.54, 1.807) is 0 Å². The highest BCUT2D eigenvalue weighted by Gasteiger charge is 2.55.